The Kier molecular flexibility index (Phi) is 4.71. The average Bonchev–Trinajstić information content (AvgIpc) is 2.37. The molecular weight excluding hydrogens is 236 g/mol. The Bertz CT molecular complexity index is 450. The molecule has 1 aliphatic carbocycles. The minimum absolute atomic E-state index is 0.633. The van der Waals surface area contributed by atoms with Gasteiger partial charge in [0.2, 0.25) is 0 Å². The second kappa shape index (κ2) is 6.29. The molecule has 1 unspecified atom stereocenters. The molecular formula is C17H22S. The van der Waals surface area contributed by atoms with E-state index in [1.54, 1.807) is 11.1 Å². The van der Waals surface area contributed by atoms with Gasteiger partial charge in [-0.25, -0.2) is 0 Å². The molecule has 0 bridgehead atoms. The molecule has 0 fully saturated rings. The predicted molar refractivity (Wildman–Crippen MR) is 82.0 cm³/mol. The molecule has 1 atom stereocenters. The van der Waals surface area contributed by atoms with E-state index in [9.17, 15) is 0 Å². The highest BCUT2D eigenvalue weighted by molar-refractivity contribution is 7.99. The molecule has 0 aliphatic heterocycles. The summed E-state index contributed by atoms with van der Waals surface area (Å²) in [6, 6.07) is 10.7. The number of allylic oxidation sites excluding steroid dienone is 4. The lowest BCUT2D eigenvalue weighted by Crippen LogP contribution is -2.11. The van der Waals surface area contributed by atoms with Crippen LogP contribution in [0.2, 0.25) is 0 Å². The van der Waals surface area contributed by atoms with E-state index in [0.717, 1.165) is 0 Å². The van der Waals surface area contributed by atoms with Crippen molar-refractivity contribution in [3.63, 3.8) is 0 Å². The zero-order valence-corrected chi connectivity index (χ0v) is 12.4. The normalized spacial score (nSPS) is 19.6. The van der Waals surface area contributed by atoms with Gasteiger partial charge in [-0.05, 0) is 45.7 Å². The van der Waals surface area contributed by atoms with E-state index in [1.807, 2.05) is 11.8 Å². The van der Waals surface area contributed by atoms with Crippen molar-refractivity contribution in [1.29, 1.82) is 0 Å². The molecule has 0 saturated heterocycles. The third-order valence-corrected chi connectivity index (χ3v) is 4.67. The highest BCUT2D eigenvalue weighted by Crippen LogP contribution is 2.34. The average molecular weight is 258 g/mol. The van der Waals surface area contributed by atoms with Crippen molar-refractivity contribution in [3.05, 3.63) is 53.1 Å². The van der Waals surface area contributed by atoms with Crippen LogP contribution in [0.3, 0.4) is 0 Å². The van der Waals surface area contributed by atoms with E-state index in [1.165, 1.54) is 29.1 Å². The van der Waals surface area contributed by atoms with Gasteiger partial charge in [-0.3, -0.25) is 0 Å². The van der Waals surface area contributed by atoms with Gasteiger partial charge in [-0.2, -0.15) is 0 Å². The van der Waals surface area contributed by atoms with E-state index >= 15 is 0 Å². The van der Waals surface area contributed by atoms with E-state index in [0.29, 0.717) is 5.92 Å². The molecule has 0 radical (unpaired) electrons. The fraction of sp³-hybridized carbons (Fsp3) is 0.412. The van der Waals surface area contributed by atoms with Gasteiger partial charge in [0.25, 0.3) is 0 Å². The van der Waals surface area contributed by atoms with Gasteiger partial charge in [-0.15, -0.1) is 11.8 Å². The fourth-order valence-corrected chi connectivity index (χ4v) is 3.54. The molecule has 2 rings (SSSR count). The quantitative estimate of drug-likeness (QED) is 0.511. The van der Waals surface area contributed by atoms with Gasteiger partial charge in [0, 0.05) is 16.6 Å². The first-order valence-corrected chi connectivity index (χ1v) is 7.67. The molecule has 0 nitrogen and oxygen atoms in total. The van der Waals surface area contributed by atoms with E-state index in [-0.39, 0.29) is 0 Å². The van der Waals surface area contributed by atoms with Crippen LogP contribution < -0.4 is 0 Å². The van der Waals surface area contributed by atoms with Crippen molar-refractivity contribution >= 4 is 11.8 Å². The van der Waals surface area contributed by atoms with Gasteiger partial charge in [0.1, 0.15) is 0 Å². The van der Waals surface area contributed by atoms with Crippen LogP contribution in [0.25, 0.3) is 0 Å². The Morgan fingerprint density at radius 3 is 2.56 bits per heavy atom. The largest absolute Gasteiger partial charge is 0.125 e. The molecule has 0 amide bonds. The minimum atomic E-state index is 0.633. The first-order valence-electron chi connectivity index (χ1n) is 6.68. The first-order chi connectivity index (χ1) is 8.66. The van der Waals surface area contributed by atoms with Crippen molar-refractivity contribution < 1.29 is 0 Å². The van der Waals surface area contributed by atoms with Crippen molar-refractivity contribution in [2.24, 2.45) is 5.92 Å². The number of hydrogen-bond donors (Lipinski definition) is 0. The summed E-state index contributed by atoms with van der Waals surface area (Å²) in [5.41, 5.74) is 4.72. The Labute approximate surface area is 115 Å². The maximum Gasteiger partial charge on any atom is 0.00808 e. The molecule has 0 saturated carbocycles. The summed E-state index contributed by atoms with van der Waals surface area (Å²) >= 11 is 1.97. The van der Waals surface area contributed by atoms with E-state index in [2.05, 4.69) is 57.2 Å². The Morgan fingerprint density at radius 2 is 1.89 bits per heavy atom. The molecule has 0 heterocycles. The predicted octanol–water partition coefficient (Wildman–Crippen LogP) is 5.47. The zero-order valence-electron chi connectivity index (χ0n) is 11.6. The highest BCUT2D eigenvalue weighted by atomic mass is 32.2. The minimum Gasteiger partial charge on any atom is -0.125 e. The third kappa shape index (κ3) is 3.52. The first kappa shape index (κ1) is 13.5. The lowest BCUT2D eigenvalue weighted by molar-refractivity contribution is 0.714. The monoisotopic (exact) mass is 258 g/mol. The zero-order chi connectivity index (χ0) is 13.0. The van der Waals surface area contributed by atoms with Gasteiger partial charge < -0.3 is 0 Å². The summed E-state index contributed by atoms with van der Waals surface area (Å²) in [5, 5.41) is 0. The molecule has 1 aromatic rings. The molecule has 0 N–H and O–H groups in total. The number of rotatable bonds is 3. The van der Waals surface area contributed by atoms with Crippen LogP contribution in [0.15, 0.2) is 58.0 Å². The summed E-state index contributed by atoms with van der Waals surface area (Å²) in [6.45, 7) is 6.77. The molecule has 1 aliphatic rings. The molecule has 18 heavy (non-hydrogen) atoms. The number of thioether (sulfide) groups is 1. The van der Waals surface area contributed by atoms with Crippen molar-refractivity contribution in [1.82, 2.24) is 0 Å². The van der Waals surface area contributed by atoms with Gasteiger partial charge >= 0.3 is 0 Å². The van der Waals surface area contributed by atoms with Crippen LogP contribution in [-0.2, 0) is 0 Å². The molecule has 1 heteroatoms. The van der Waals surface area contributed by atoms with Crippen molar-refractivity contribution in [2.75, 3.05) is 5.75 Å². The lowest BCUT2D eigenvalue weighted by Gasteiger charge is -2.24. The lowest BCUT2D eigenvalue weighted by atomic mass is 9.85. The number of benzene rings is 1. The Hall–Kier alpha value is -0.950. The molecule has 96 valence electrons. The summed E-state index contributed by atoms with van der Waals surface area (Å²) in [7, 11) is 0. The van der Waals surface area contributed by atoms with Gasteiger partial charge in [-0.1, -0.05) is 41.0 Å². The number of hydrogen-bond acceptors (Lipinski definition) is 1. The summed E-state index contributed by atoms with van der Waals surface area (Å²) in [6.07, 6.45) is 4.97. The van der Waals surface area contributed by atoms with E-state index in [4.69, 9.17) is 0 Å². The molecule has 1 aromatic carbocycles. The maximum absolute atomic E-state index is 2.47. The summed E-state index contributed by atoms with van der Waals surface area (Å²) in [5.74, 6) is 1.80. The van der Waals surface area contributed by atoms with Crippen LogP contribution in [0.5, 0.6) is 0 Å². The van der Waals surface area contributed by atoms with Crippen LogP contribution in [-0.4, -0.2) is 5.75 Å². The van der Waals surface area contributed by atoms with Crippen molar-refractivity contribution in [3.8, 4) is 0 Å². The smallest absolute Gasteiger partial charge is 0.00808 e. The SMILES string of the molecule is CC1=CC(CSc2ccccc2)C(=C(C)C)CC1. The maximum atomic E-state index is 2.47. The third-order valence-electron chi connectivity index (χ3n) is 3.54. The van der Waals surface area contributed by atoms with Crippen molar-refractivity contribution in [2.45, 2.75) is 38.5 Å². The molecule has 0 spiro atoms. The van der Waals surface area contributed by atoms with E-state index < -0.39 is 0 Å². The second-order valence-electron chi connectivity index (χ2n) is 5.27. The highest BCUT2D eigenvalue weighted by Gasteiger charge is 2.18. The second-order valence-corrected chi connectivity index (χ2v) is 6.36. The Morgan fingerprint density at radius 1 is 1.17 bits per heavy atom. The van der Waals surface area contributed by atoms with Crippen LogP contribution in [0.4, 0.5) is 0 Å². The van der Waals surface area contributed by atoms with Crippen LogP contribution in [0.1, 0.15) is 33.6 Å². The fourth-order valence-electron chi connectivity index (χ4n) is 2.52. The van der Waals surface area contributed by atoms with Crippen LogP contribution in [0, 0.1) is 5.92 Å². The molecule has 0 aromatic heterocycles. The topological polar surface area (TPSA) is 0 Å². The summed E-state index contributed by atoms with van der Waals surface area (Å²) < 4.78 is 0. The standard InChI is InChI=1S/C17H22S/c1-13(2)17-10-9-14(3)11-15(17)12-18-16-7-5-4-6-8-16/h4-8,11,15H,9-10,12H2,1-3H3. The Balaban J connectivity index is 2.06. The van der Waals surface area contributed by atoms with Crippen LogP contribution >= 0.6 is 11.8 Å². The van der Waals surface area contributed by atoms with Gasteiger partial charge in [0.05, 0.1) is 0 Å². The summed E-state index contributed by atoms with van der Waals surface area (Å²) in [4.78, 5) is 1.38. The van der Waals surface area contributed by atoms with Gasteiger partial charge in [0.15, 0.2) is 0 Å².